The quantitative estimate of drug-likeness (QED) is 0.462. The van der Waals surface area contributed by atoms with E-state index in [9.17, 15) is 14.4 Å². The molecule has 1 fully saturated rings. The fourth-order valence-corrected chi connectivity index (χ4v) is 3.33. The van der Waals surface area contributed by atoms with Gasteiger partial charge in [0.1, 0.15) is 12.1 Å². The Bertz CT molecular complexity index is 647. The summed E-state index contributed by atoms with van der Waals surface area (Å²) in [5.41, 5.74) is 0.233. The lowest BCUT2D eigenvalue weighted by Gasteiger charge is -2.21. The molecule has 4 amide bonds. The Kier molecular flexibility index (Phi) is 7.82. The van der Waals surface area contributed by atoms with Gasteiger partial charge in [0.25, 0.3) is 5.91 Å². The number of unbranched alkanes of at least 4 members (excludes halogenated alkanes) is 4. The molecule has 2 rings (SSSR count). The number of imide groups is 1. The van der Waals surface area contributed by atoms with Crippen LogP contribution in [0.3, 0.4) is 0 Å². The number of benzene rings is 1. The van der Waals surface area contributed by atoms with Crippen molar-refractivity contribution in [1.29, 1.82) is 0 Å². The summed E-state index contributed by atoms with van der Waals surface area (Å²) in [5.74, 6) is -0.622. The minimum Gasteiger partial charge on any atom is -0.354 e. The number of hydrogen-bond donors (Lipinski definition) is 2. The summed E-state index contributed by atoms with van der Waals surface area (Å²) in [6.45, 7) is 4.15. The molecule has 1 aliphatic heterocycles. The van der Waals surface area contributed by atoms with Crippen LogP contribution >= 0.6 is 0 Å². The van der Waals surface area contributed by atoms with Gasteiger partial charge in [-0.2, -0.15) is 0 Å². The number of hydrogen-bond acceptors (Lipinski definition) is 3. The SMILES string of the molecule is CCCCCCCC1(C)NC(=O)N(CC(=O)NCCc2ccccc2)C1=O. The molecule has 6 nitrogen and oxygen atoms in total. The van der Waals surface area contributed by atoms with Crippen LogP contribution in [0.25, 0.3) is 0 Å². The van der Waals surface area contributed by atoms with Crippen molar-refractivity contribution >= 4 is 17.8 Å². The monoisotopic (exact) mass is 373 g/mol. The molecule has 0 radical (unpaired) electrons. The molecule has 0 aromatic heterocycles. The van der Waals surface area contributed by atoms with Crippen molar-refractivity contribution in [2.24, 2.45) is 0 Å². The Balaban J connectivity index is 1.77. The van der Waals surface area contributed by atoms with Crippen LogP contribution in [0, 0.1) is 0 Å². The maximum atomic E-state index is 12.7. The highest BCUT2D eigenvalue weighted by atomic mass is 16.2. The molecule has 148 valence electrons. The van der Waals surface area contributed by atoms with Gasteiger partial charge in [-0.15, -0.1) is 0 Å². The lowest BCUT2D eigenvalue weighted by molar-refractivity contribution is -0.134. The number of rotatable bonds is 11. The summed E-state index contributed by atoms with van der Waals surface area (Å²) in [4.78, 5) is 38.0. The maximum absolute atomic E-state index is 12.7. The number of carbonyl (C=O) groups excluding carboxylic acids is 3. The standard InChI is InChI=1S/C21H31N3O3/c1-3-4-5-6-10-14-21(2)19(26)24(20(27)23-21)16-18(25)22-15-13-17-11-8-7-9-12-17/h7-9,11-12H,3-6,10,13-16H2,1-2H3,(H,22,25)(H,23,27). The molecule has 1 unspecified atom stereocenters. The summed E-state index contributed by atoms with van der Waals surface area (Å²) < 4.78 is 0. The van der Waals surface area contributed by atoms with Gasteiger partial charge in [-0.3, -0.25) is 14.5 Å². The summed E-state index contributed by atoms with van der Waals surface area (Å²) in [6, 6.07) is 9.36. The molecule has 0 saturated carbocycles. The first-order valence-electron chi connectivity index (χ1n) is 9.91. The molecule has 1 heterocycles. The lowest BCUT2D eigenvalue weighted by atomic mass is 9.94. The molecular formula is C21H31N3O3. The van der Waals surface area contributed by atoms with Crippen LogP contribution in [-0.2, 0) is 16.0 Å². The van der Waals surface area contributed by atoms with Crippen LogP contribution in [0.5, 0.6) is 0 Å². The minimum absolute atomic E-state index is 0.231. The predicted molar refractivity (Wildman–Crippen MR) is 105 cm³/mol. The lowest BCUT2D eigenvalue weighted by Crippen LogP contribution is -2.45. The Morgan fingerprint density at radius 1 is 1.11 bits per heavy atom. The van der Waals surface area contributed by atoms with E-state index in [0.717, 1.165) is 29.7 Å². The zero-order valence-corrected chi connectivity index (χ0v) is 16.4. The number of carbonyl (C=O) groups is 3. The number of nitrogens with one attached hydrogen (secondary N) is 2. The normalized spacial score (nSPS) is 19.3. The summed E-state index contributed by atoms with van der Waals surface area (Å²) in [6.07, 6.45) is 6.75. The van der Waals surface area contributed by atoms with E-state index in [1.807, 2.05) is 30.3 Å². The van der Waals surface area contributed by atoms with Crippen LogP contribution in [0.4, 0.5) is 4.79 Å². The third-order valence-electron chi connectivity index (χ3n) is 5.01. The first-order valence-corrected chi connectivity index (χ1v) is 9.91. The average Bonchev–Trinajstić information content (AvgIpc) is 2.86. The Morgan fingerprint density at radius 2 is 1.81 bits per heavy atom. The highest BCUT2D eigenvalue weighted by Gasteiger charge is 2.47. The molecule has 0 spiro atoms. The van der Waals surface area contributed by atoms with E-state index in [1.165, 1.54) is 12.8 Å². The summed E-state index contributed by atoms with van der Waals surface area (Å²) in [5, 5.41) is 5.55. The predicted octanol–water partition coefficient (Wildman–Crippen LogP) is 3.02. The van der Waals surface area contributed by atoms with Crippen LogP contribution in [0.1, 0.15) is 57.9 Å². The topological polar surface area (TPSA) is 78.5 Å². The molecule has 6 heteroatoms. The van der Waals surface area contributed by atoms with Gasteiger partial charge in [-0.25, -0.2) is 4.79 Å². The van der Waals surface area contributed by atoms with Gasteiger partial charge < -0.3 is 10.6 Å². The molecular weight excluding hydrogens is 342 g/mol. The highest BCUT2D eigenvalue weighted by molar-refractivity contribution is 6.08. The van der Waals surface area contributed by atoms with Crippen molar-refractivity contribution in [3.8, 4) is 0 Å². The molecule has 27 heavy (non-hydrogen) atoms. The van der Waals surface area contributed by atoms with Gasteiger partial charge in [0.05, 0.1) is 0 Å². The van der Waals surface area contributed by atoms with Crippen LogP contribution in [0.2, 0.25) is 0 Å². The Hall–Kier alpha value is -2.37. The second-order valence-corrected chi connectivity index (χ2v) is 7.40. The minimum atomic E-state index is -0.895. The van der Waals surface area contributed by atoms with Crippen molar-refractivity contribution in [1.82, 2.24) is 15.5 Å². The molecule has 2 N–H and O–H groups in total. The zero-order valence-electron chi connectivity index (χ0n) is 16.4. The molecule has 1 aromatic rings. The van der Waals surface area contributed by atoms with E-state index in [4.69, 9.17) is 0 Å². The van der Waals surface area contributed by atoms with Crippen molar-refractivity contribution in [3.05, 3.63) is 35.9 Å². The van der Waals surface area contributed by atoms with E-state index in [-0.39, 0.29) is 18.4 Å². The second kappa shape index (κ2) is 10.1. The van der Waals surface area contributed by atoms with E-state index >= 15 is 0 Å². The van der Waals surface area contributed by atoms with E-state index in [2.05, 4.69) is 17.6 Å². The number of urea groups is 1. The fraction of sp³-hybridized carbons (Fsp3) is 0.571. The van der Waals surface area contributed by atoms with Crippen LogP contribution in [0.15, 0.2) is 30.3 Å². The first kappa shape index (κ1) is 20.9. The Morgan fingerprint density at radius 3 is 2.52 bits per heavy atom. The Labute approximate surface area is 161 Å². The first-order chi connectivity index (χ1) is 13.0. The third kappa shape index (κ3) is 6.08. The highest BCUT2D eigenvalue weighted by Crippen LogP contribution is 2.24. The zero-order chi connectivity index (χ0) is 19.7. The van der Waals surface area contributed by atoms with Crippen molar-refractivity contribution in [2.75, 3.05) is 13.1 Å². The van der Waals surface area contributed by atoms with Gasteiger partial charge >= 0.3 is 6.03 Å². The van der Waals surface area contributed by atoms with Gasteiger partial charge in [-0.05, 0) is 25.3 Å². The summed E-state index contributed by atoms with van der Waals surface area (Å²) in [7, 11) is 0. The number of nitrogens with zero attached hydrogens (tertiary/aromatic N) is 1. The van der Waals surface area contributed by atoms with Crippen molar-refractivity contribution in [3.63, 3.8) is 0 Å². The van der Waals surface area contributed by atoms with Crippen molar-refractivity contribution < 1.29 is 14.4 Å². The molecule has 0 bridgehead atoms. The maximum Gasteiger partial charge on any atom is 0.325 e. The average molecular weight is 373 g/mol. The van der Waals surface area contributed by atoms with Crippen LogP contribution < -0.4 is 10.6 Å². The summed E-state index contributed by atoms with van der Waals surface area (Å²) >= 11 is 0. The third-order valence-corrected chi connectivity index (χ3v) is 5.01. The largest absolute Gasteiger partial charge is 0.354 e. The van der Waals surface area contributed by atoms with Gasteiger partial charge in [0.2, 0.25) is 5.91 Å². The van der Waals surface area contributed by atoms with E-state index in [0.29, 0.717) is 19.4 Å². The van der Waals surface area contributed by atoms with Gasteiger partial charge in [0.15, 0.2) is 0 Å². The van der Waals surface area contributed by atoms with Gasteiger partial charge in [-0.1, -0.05) is 69.4 Å². The van der Waals surface area contributed by atoms with Crippen LogP contribution in [-0.4, -0.2) is 41.4 Å². The molecule has 1 atom stereocenters. The molecule has 0 aliphatic carbocycles. The van der Waals surface area contributed by atoms with Crippen molar-refractivity contribution in [2.45, 2.75) is 64.3 Å². The molecule has 1 aromatic carbocycles. The second-order valence-electron chi connectivity index (χ2n) is 7.40. The smallest absolute Gasteiger partial charge is 0.325 e. The van der Waals surface area contributed by atoms with Gasteiger partial charge in [0, 0.05) is 6.54 Å². The fourth-order valence-electron chi connectivity index (χ4n) is 3.33. The molecule has 1 saturated heterocycles. The molecule has 1 aliphatic rings. The van der Waals surface area contributed by atoms with E-state index < -0.39 is 11.6 Å². The number of amides is 4. The van der Waals surface area contributed by atoms with E-state index in [1.54, 1.807) is 6.92 Å².